The number of urea groups is 1. The van der Waals surface area contributed by atoms with Crippen LogP contribution in [0.1, 0.15) is 17.0 Å². The molecule has 0 bridgehead atoms. The second-order valence-electron chi connectivity index (χ2n) is 8.50. The molecule has 1 aliphatic heterocycles. The zero-order chi connectivity index (χ0) is 22.8. The van der Waals surface area contributed by atoms with Gasteiger partial charge >= 0.3 is 6.03 Å². The molecule has 0 radical (unpaired) electrons. The van der Waals surface area contributed by atoms with Crippen molar-refractivity contribution >= 4 is 39.4 Å². The highest BCUT2D eigenvalue weighted by molar-refractivity contribution is 6.15. The molecule has 0 saturated carbocycles. The third-order valence-electron chi connectivity index (χ3n) is 6.18. The number of nitrogens with one attached hydrogen (secondary N) is 1. The number of amides is 2. The lowest BCUT2D eigenvalue weighted by Crippen LogP contribution is -2.25. The van der Waals surface area contributed by atoms with E-state index in [4.69, 9.17) is 9.15 Å². The number of carbonyl (C=O) groups is 1. The summed E-state index contributed by atoms with van der Waals surface area (Å²) in [5.74, 6) is 0.0852. The molecule has 6 nitrogen and oxygen atoms in total. The van der Waals surface area contributed by atoms with Crippen molar-refractivity contribution in [2.45, 2.75) is 12.8 Å². The Kier molecular flexibility index (Phi) is 5.94. The molecular formula is C27H27N3O3. The van der Waals surface area contributed by atoms with Gasteiger partial charge in [-0.25, -0.2) is 9.79 Å². The van der Waals surface area contributed by atoms with Gasteiger partial charge in [0.15, 0.2) is 0 Å². The van der Waals surface area contributed by atoms with Crippen LogP contribution >= 0.6 is 0 Å². The van der Waals surface area contributed by atoms with Gasteiger partial charge in [0, 0.05) is 43.8 Å². The van der Waals surface area contributed by atoms with Crippen LogP contribution in [0.2, 0.25) is 0 Å². The summed E-state index contributed by atoms with van der Waals surface area (Å²) in [5.41, 5.74) is 5.43. The van der Waals surface area contributed by atoms with Gasteiger partial charge < -0.3 is 14.5 Å². The topological polar surface area (TPSA) is 67.1 Å². The van der Waals surface area contributed by atoms with Crippen LogP contribution in [0.4, 0.5) is 10.5 Å². The van der Waals surface area contributed by atoms with Crippen molar-refractivity contribution in [3.05, 3.63) is 77.9 Å². The maximum atomic E-state index is 13.1. The van der Waals surface area contributed by atoms with Crippen LogP contribution in [0.3, 0.4) is 0 Å². The van der Waals surface area contributed by atoms with Crippen LogP contribution in [-0.2, 0) is 4.74 Å². The number of benzene rings is 3. The monoisotopic (exact) mass is 441 g/mol. The first-order valence-electron chi connectivity index (χ1n) is 11.2. The van der Waals surface area contributed by atoms with E-state index in [-0.39, 0.29) is 11.9 Å². The van der Waals surface area contributed by atoms with E-state index in [0.717, 1.165) is 46.3 Å². The van der Waals surface area contributed by atoms with Crippen LogP contribution < -0.4 is 5.32 Å². The molecule has 3 aromatic carbocycles. The van der Waals surface area contributed by atoms with Gasteiger partial charge in [-0.1, -0.05) is 48.0 Å². The van der Waals surface area contributed by atoms with E-state index >= 15 is 0 Å². The fourth-order valence-electron chi connectivity index (χ4n) is 4.57. The van der Waals surface area contributed by atoms with E-state index in [1.807, 2.05) is 55.5 Å². The van der Waals surface area contributed by atoms with Gasteiger partial charge in [-0.15, -0.1) is 0 Å². The van der Waals surface area contributed by atoms with Crippen LogP contribution in [0, 0.1) is 6.92 Å². The molecular weight excluding hydrogens is 414 g/mol. The average molecular weight is 442 g/mol. The van der Waals surface area contributed by atoms with Crippen molar-refractivity contribution in [3.8, 4) is 0 Å². The maximum absolute atomic E-state index is 13.1. The fraction of sp³-hybridized carbons (Fsp3) is 0.259. The minimum absolute atomic E-state index is 0.0852. The fourth-order valence-corrected chi connectivity index (χ4v) is 4.57. The summed E-state index contributed by atoms with van der Waals surface area (Å²) >= 11 is 0. The Labute approximate surface area is 192 Å². The number of hydrogen-bond donors (Lipinski definition) is 1. The lowest BCUT2D eigenvalue weighted by atomic mass is 9.97. The van der Waals surface area contributed by atoms with Crippen LogP contribution in [0.25, 0.3) is 21.9 Å². The van der Waals surface area contributed by atoms with Crippen molar-refractivity contribution in [2.75, 3.05) is 38.7 Å². The summed E-state index contributed by atoms with van der Waals surface area (Å²) in [6, 6.07) is 21.6. The normalized spacial score (nSPS) is 17.9. The minimum Gasteiger partial charge on any atom is -0.456 e. The molecule has 4 aromatic rings. The molecule has 6 heteroatoms. The van der Waals surface area contributed by atoms with Crippen molar-refractivity contribution < 1.29 is 13.9 Å². The molecule has 168 valence electrons. The number of nitrogens with zero attached hydrogens (tertiary/aromatic N) is 2. The van der Waals surface area contributed by atoms with Gasteiger partial charge in [-0.05, 0) is 36.8 Å². The lowest BCUT2D eigenvalue weighted by molar-refractivity contribution is 0.161. The molecule has 0 aliphatic carbocycles. The summed E-state index contributed by atoms with van der Waals surface area (Å²) < 4.78 is 11.2. The van der Waals surface area contributed by atoms with Crippen molar-refractivity contribution in [3.63, 3.8) is 0 Å². The molecule has 0 unspecified atom stereocenters. The van der Waals surface area contributed by atoms with Crippen LogP contribution in [0.5, 0.6) is 0 Å². The second-order valence-corrected chi connectivity index (χ2v) is 8.50. The van der Waals surface area contributed by atoms with Gasteiger partial charge in [0.05, 0.1) is 17.7 Å². The summed E-state index contributed by atoms with van der Waals surface area (Å²) in [6.07, 6.45) is 0. The van der Waals surface area contributed by atoms with E-state index in [0.29, 0.717) is 18.8 Å². The number of methoxy groups -OCH3 is 1. The number of fused-ring (bicyclic) bond motifs is 3. The Morgan fingerprint density at radius 3 is 2.79 bits per heavy atom. The number of hydrogen-bond acceptors (Lipinski definition) is 4. The van der Waals surface area contributed by atoms with Crippen molar-refractivity contribution in [1.29, 1.82) is 0 Å². The Morgan fingerprint density at radius 1 is 1.12 bits per heavy atom. The molecule has 1 atom stereocenters. The molecule has 1 N–H and O–H groups in total. The number of rotatable bonds is 5. The smallest absolute Gasteiger partial charge is 0.345 e. The molecule has 2 heterocycles. The number of aryl methyl sites for hydroxylation is 1. The van der Waals surface area contributed by atoms with Gasteiger partial charge in [-0.3, -0.25) is 4.90 Å². The highest BCUT2D eigenvalue weighted by atomic mass is 16.5. The van der Waals surface area contributed by atoms with E-state index in [1.165, 1.54) is 5.56 Å². The van der Waals surface area contributed by atoms with E-state index in [9.17, 15) is 4.79 Å². The van der Waals surface area contributed by atoms with Gasteiger partial charge in [0.25, 0.3) is 0 Å². The number of aliphatic imine (C=N–C) groups is 1. The molecule has 1 aliphatic rings. The molecule has 2 amide bonds. The second kappa shape index (κ2) is 9.17. The van der Waals surface area contributed by atoms with Crippen LogP contribution in [0.15, 0.2) is 76.1 Å². The van der Waals surface area contributed by atoms with E-state index in [2.05, 4.69) is 33.4 Å². The number of furan rings is 1. The Bertz CT molecular complexity index is 1330. The van der Waals surface area contributed by atoms with Crippen molar-refractivity contribution in [1.82, 2.24) is 4.90 Å². The zero-order valence-electron chi connectivity index (χ0n) is 18.9. The molecule has 0 spiro atoms. The standard InChI is InChI=1S/C27H27N3O3/c1-18-11-12-24-20(15-18)26-22(9-6-10-25(26)33-24)28-27(31)29-23-17-30(13-14-32-2)16-21(23)19-7-4-3-5-8-19/h3-12,15,21H,13-14,16-17H2,1-2H3,(H,28,31)/t21-/m0/s1. The van der Waals surface area contributed by atoms with E-state index < -0.39 is 0 Å². The average Bonchev–Trinajstić information content (AvgIpc) is 3.39. The summed E-state index contributed by atoms with van der Waals surface area (Å²) in [7, 11) is 1.70. The van der Waals surface area contributed by atoms with Gasteiger partial charge in [-0.2, -0.15) is 0 Å². The van der Waals surface area contributed by atoms with Crippen molar-refractivity contribution in [2.24, 2.45) is 4.99 Å². The number of ether oxygens (including phenoxy) is 1. The quantitative estimate of drug-likeness (QED) is 0.437. The first-order valence-corrected chi connectivity index (χ1v) is 11.2. The highest BCUT2D eigenvalue weighted by Crippen LogP contribution is 2.35. The molecule has 33 heavy (non-hydrogen) atoms. The number of anilines is 1. The molecule has 1 saturated heterocycles. The largest absolute Gasteiger partial charge is 0.456 e. The number of likely N-dealkylation sites (tertiary alicyclic amines) is 1. The predicted molar refractivity (Wildman–Crippen MR) is 132 cm³/mol. The zero-order valence-corrected chi connectivity index (χ0v) is 18.9. The maximum Gasteiger partial charge on any atom is 0.345 e. The van der Waals surface area contributed by atoms with Crippen LogP contribution in [-0.4, -0.2) is 50.0 Å². The van der Waals surface area contributed by atoms with Gasteiger partial charge in [0.2, 0.25) is 0 Å². The molecule has 1 fully saturated rings. The SMILES string of the molecule is COCCN1CC(=NC(=O)Nc2cccc3oc4ccc(C)cc4c23)[C@H](c2ccccc2)C1. The summed E-state index contributed by atoms with van der Waals surface area (Å²) in [4.78, 5) is 19.9. The lowest BCUT2D eigenvalue weighted by Gasteiger charge is -2.14. The summed E-state index contributed by atoms with van der Waals surface area (Å²) in [5, 5.41) is 4.90. The Balaban J connectivity index is 1.45. The van der Waals surface area contributed by atoms with E-state index in [1.54, 1.807) is 7.11 Å². The highest BCUT2D eigenvalue weighted by Gasteiger charge is 2.30. The molecule has 5 rings (SSSR count). The minimum atomic E-state index is -0.367. The number of carbonyl (C=O) groups excluding carboxylic acids is 1. The third-order valence-corrected chi connectivity index (χ3v) is 6.18. The summed E-state index contributed by atoms with van der Waals surface area (Å²) in [6.45, 7) is 4.97. The predicted octanol–water partition coefficient (Wildman–Crippen LogP) is 5.61. The first-order chi connectivity index (χ1) is 16.1. The third kappa shape index (κ3) is 4.40. The Hall–Kier alpha value is -3.48. The Morgan fingerprint density at radius 2 is 1.97 bits per heavy atom. The van der Waals surface area contributed by atoms with Gasteiger partial charge in [0.1, 0.15) is 11.2 Å². The first kappa shape index (κ1) is 21.4. The molecule has 1 aromatic heterocycles.